The highest BCUT2D eigenvalue weighted by Gasteiger charge is 2.59. The van der Waals surface area contributed by atoms with E-state index >= 15 is 0 Å². The number of halogens is 6. The summed E-state index contributed by atoms with van der Waals surface area (Å²) in [5.41, 5.74) is -2.00. The molecular formula is C26H21BrClF4NO5. The van der Waals surface area contributed by atoms with Crippen molar-refractivity contribution in [2.24, 2.45) is 0 Å². The second-order valence-corrected chi connectivity index (χ2v) is 10.5. The molecule has 38 heavy (non-hydrogen) atoms. The maximum atomic E-state index is 14.5. The van der Waals surface area contributed by atoms with Gasteiger partial charge in [0, 0.05) is 27.5 Å². The fourth-order valence-corrected chi connectivity index (χ4v) is 6.39. The van der Waals surface area contributed by atoms with Gasteiger partial charge in [0.2, 0.25) is 0 Å². The predicted octanol–water partition coefficient (Wildman–Crippen LogP) is 6.47. The second kappa shape index (κ2) is 10.00. The first-order chi connectivity index (χ1) is 17.7. The summed E-state index contributed by atoms with van der Waals surface area (Å²) in [6, 6.07) is 7.84. The first-order valence-electron chi connectivity index (χ1n) is 11.4. The molecule has 2 aromatic rings. The van der Waals surface area contributed by atoms with Gasteiger partial charge in [-0.05, 0) is 73.2 Å². The highest BCUT2D eigenvalue weighted by atomic mass is 79.9. The van der Waals surface area contributed by atoms with Crippen molar-refractivity contribution in [3.63, 3.8) is 0 Å². The van der Waals surface area contributed by atoms with Crippen LogP contribution in [0, 0.1) is 5.82 Å². The number of anilines is 1. The van der Waals surface area contributed by atoms with Gasteiger partial charge < -0.3 is 9.47 Å². The molecule has 0 bridgehead atoms. The molecule has 4 rings (SSSR count). The lowest BCUT2D eigenvalue weighted by Gasteiger charge is -2.49. The van der Waals surface area contributed by atoms with Crippen molar-refractivity contribution in [1.82, 2.24) is 0 Å². The second-order valence-electron chi connectivity index (χ2n) is 9.18. The average Bonchev–Trinajstić information content (AvgIpc) is 3.09. The van der Waals surface area contributed by atoms with Crippen molar-refractivity contribution in [2.45, 2.75) is 49.7 Å². The summed E-state index contributed by atoms with van der Waals surface area (Å²) in [4.78, 5) is 37.9. The first kappa shape index (κ1) is 28.1. The van der Waals surface area contributed by atoms with Crippen LogP contribution in [0.15, 0.2) is 40.9 Å². The van der Waals surface area contributed by atoms with E-state index in [0.717, 1.165) is 14.0 Å². The van der Waals surface area contributed by atoms with Crippen LogP contribution in [0.1, 0.15) is 43.7 Å². The van der Waals surface area contributed by atoms with E-state index in [1.807, 2.05) is 0 Å². The molecule has 0 saturated heterocycles. The van der Waals surface area contributed by atoms with Gasteiger partial charge >= 0.3 is 24.0 Å². The molecule has 2 aliphatic rings. The molecule has 0 aromatic heterocycles. The largest absolute Gasteiger partial charge is 0.471 e. The Bertz CT molecular complexity index is 1350. The summed E-state index contributed by atoms with van der Waals surface area (Å²) in [6.45, 7) is 1.13. The van der Waals surface area contributed by atoms with Crippen molar-refractivity contribution in [3.8, 4) is 5.75 Å². The number of hydrogen-bond acceptors (Lipinski definition) is 5. The van der Waals surface area contributed by atoms with Crippen LogP contribution in [-0.4, -0.2) is 36.7 Å². The highest BCUT2D eigenvalue weighted by Crippen LogP contribution is 2.57. The molecule has 2 aliphatic carbocycles. The molecule has 202 valence electrons. The zero-order valence-electron chi connectivity index (χ0n) is 20.1. The predicted molar refractivity (Wildman–Crippen MR) is 134 cm³/mol. The van der Waals surface area contributed by atoms with Gasteiger partial charge in [0.15, 0.2) is 11.6 Å². The van der Waals surface area contributed by atoms with Crippen LogP contribution in [0.3, 0.4) is 0 Å². The SMILES string of the molecule is COC(=O)C1(N(C(=O)C(F)(F)F)c2cccc(Cl)c2)CCC2(CC1)C(Br)=Cc1cc(F)c(OC(C)=O)cc12. The molecule has 1 spiro atoms. The summed E-state index contributed by atoms with van der Waals surface area (Å²) in [6.07, 6.45) is -3.90. The molecule has 12 heteroatoms. The van der Waals surface area contributed by atoms with Crippen LogP contribution >= 0.6 is 27.5 Å². The maximum absolute atomic E-state index is 14.5. The summed E-state index contributed by atoms with van der Waals surface area (Å²) in [7, 11) is 1.04. The smallest absolute Gasteiger partial charge is 0.467 e. The van der Waals surface area contributed by atoms with Crippen molar-refractivity contribution >= 4 is 57.1 Å². The number of allylic oxidation sites excluding steroid dienone is 1. The number of carbonyl (C=O) groups is 3. The van der Waals surface area contributed by atoms with E-state index in [0.29, 0.717) is 20.5 Å². The molecule has 6 nitrogen and oxygen atoms in total. The van der Waals surface area contributed by atoms with Gasteiger partial charge in [0.25, 0.3) is 0 Å². The number of methoxy groups -OCH3 is 1. The van der Waals surface area contributed by atoms with E-state index in [2.05, 4.69) is 15.9 Å². The molecular weight excluding hydrogens is 598 g/mol. The highest BCUT2D eigenvalue weighted by molar-refractivity contribution is 9.11. The topological polar surface area (TPSA) is 72.9 Å². The first-order valence-corrected chi connectivity index (χ1v) is 12.6. The molecule has 0 unspecified atom stereocenters. The molecule has 0 atom stereocenters. The van der Waals surface area contributed by atoms with E-state index in [4.69, 9.17) is 21.1 Å². The summed E-state index contributed by atoms with van der Waals surface area (Å²) >= 11 is 9.55. The van der Waals surface area contributed by atoms with Crippen LogP contribution in [0.2, 0.25) is 5.02 Å². The molecule has 1 saturated carbocycles. The Morgan fingerprint density at radius 1 is 1.08 bits per heavy atom. The molecule has 0 heterocycles. The normalized spacial score (nSPS) is 22.5. The van der Waals surface area contributed by atoms with E-state index in [1.54, 1.807) is 6.08 Å². The zero-order valence-corrected chi connectivity index (χ0v) is 22.5. The third kappa shape index (κ3) is 4.70. The van der Waals surface area contributed by atoms with Crippen LogP contribution < -0.4 is 9.64 Å². The minimum Gasteiger partial charge on any atom is -0.467 e. The van der Waals surface area contributed by atoms with E-state index in [-0.39, 0.29) is 42.1 Å². The van der Waals surface area contributed by atoms with Crippen LogP contribution in [0.25, 0.3) is 6.08 Å². The van der Waals surface area contributed by atoms with E-state index in [1.165, 1.54) is 36.4 Å². The minimum atomic E-state index is -5.30. The van der Waals surface area contributed by atoms with Gasteiger partial charge in [-0.15, -0.1) is 0 Å². The van der Waals surface area contributed by atoms with Crippen molar-refractivity contribution in [2.75, 3.05) is 12.0 Å². The van der Waals surface area contributed by atoms with Gasteiger partial charge in [-0.3, -0.25) is 14.5 Å². The quantitative estimate of drug-likeness (QED) is 0.223. The maximum Gasteiger partial charge on any atom is 0.471 e. The van der Waals surface area contributed by atoms with Crippen LogP contribution in [0.4, 0.5) is 23.2 Å². The molecule has 2 aromatic carbocycles. The van der Waals surface area contributed by atoms with E-state index in [9.17, 15) is 31.9 Å². The Labute approximate surface area is 228 Å². The molecule has 0 aliphatic heterocycles. The summed E-state index contributed by atoms with van der Waals surface area (Å²) < 4.78 is 66.7. The number of nitrogens with zero attached hydrogens (tertiary/aromatic N) is 1. The van der Waals surface area contributed by atoms with E-state index < -0.39 is 40.8 Å². The third-order valence-corrected chi connectivity index (χ3v) is 8.27. The fourth-order valence-electron chi connectivity index (χ4n) is 5.35. The van der Waals surface area contributed by atoms with Gasteiger partial charge in [-0.2, -0.15) is 13.2 Å². The summed E-state index contributed by atoms with van der Waals surface area (Å²) in [5.74, 6) is -5.01. The monoisotopic (exact) mass is 617 g/mol. The number of esters is 2. The number of alkyl halides is 3. The van der Waals surface area contributed by atoms with Gasteiger partial charge in [0.1, 0.15) is 5.54 Å². The Kier molecular flexibility index (Phi) is 7.39. The molecule has 0 N–H and O–H groups in total. The molecule has 1 amide bonds. The van der Waals surface area contributed by atoms with Crippen molar-refractivity contribution in [3.05, 3.63) is 62.8 Å². The van der Waals surface area contributed by atoms with Crippen molar-refractivity contribution in [1.29, 1.82) is 0 Å². The van der Waals surface area contributed by atoms with Gasteiger partial charge in [0.05, 0.1) is 7.11 Å². The Morgan fingerprint density at radius 2 is 1.74 bits per heavy atom. The molecule has 1 fully saturated rings. The lowest BCUT2D eigenvalue weighted by atomic mass is 9.64. The third-order valence-electron chi connectivity index (χ3n) is 7.05. The number of benzene rings is 2. The fraction of sp³-hybridized carbons (Fsp3) is 0.346. The van der Waals surface area contributed by atoms with Crippen LogP contribution in [-0.2, 0) is 24.5 Å². The number of rotatable bonds is 4. The Morgan fingerprint density at radius 3 is 2.29 bits per heavy atom. The Hall–Kier alpha value is -2.92. The number of fused-ring (bicyclic) bond motifs is 2. The average molecular weight is 619 g/mol. The number of amides is 1. The lowest BCUT2D eigenvalue weighted by molar-refractivity contribution is -0.174. The Balaban J connectivity index is 1.81. The van der Waals surface area contributed by atoms with Gasteiger partial charge in [-0.25, -0.2) is 9.18 Å². The summed E-state index contributed by atoms with van der Waals surface area (Å²) in [5, 5.41) is 0.0743. The minimum absolute atomic E-state index is 0.0743. The van der Waals surface area contributed by atoms with Crippen molar-refractivity contribution < 1.29 is 41.4 Å². The van der Waals surface area contributed by atoms with Gasteiger partial charge in [-0.1, -0.05) is 33.6 Å². The van der Waals surface area contributed by atoms with Crippen LogP contribution in [0.5, 0.6) is 5.75 Å². The lowest BCUT2D eigenvalue weighted by Crippen LogP contribution is -2.63. The number of carbonyl (C=O) groups excluding carboxylic acids is 3. The number of hydrogen-bond donors (Lipinski definition) is 0. The zero-order chi connectivity index (χ0) is 28.0. The molecule has 0 radical (unpaired) electrons. The number of ether oxygens (including phenoxy) is 2. The standard InChI is InChI=1S/C26H21BrClF4NO5/c1-14(34)38-20-13-18-15(10-19(20)29)11-21(27)24(18)6-8-25(9-7-24,23(36)37-2)33(22(35)26(30,31)32)17-5-3-4-16(28)12-17/h3-5,10-13H,6-9H2,1-2H3.